The van der Waals surface area contributed by atoms with Crippen molar-refractivity contribution in [2.45, 2.75) is 19.0 Å². The summed E-state index contributed by atoms with van der Waals surface area (Å²) in [6.07, 6.45) is 1.69. The lowest BCUT2D eigenvalue weighted by atomic mass is 10.1. The van der Waals surface area contributed by atoms with Gasteiger partial charge in [0.1, 0.15) is 12.6 Å². The summed E-state index contributed by atoms with van der Waals surface area (Å²) in [7, 11) is 2.93. The van der Waals surface area contributed by atoms with Crippen LogP contribution in [0.15, 0.2) is 76.6 Å². The third-order valence-electron chi connectivity index (χ3n) is 5.70. The maximum Gasteiger partial charge on any atom is 0.332 e. The van der Waals surface area contributed by atoms with Gasteiger partial charge in [0, 0.05) is 26.1 Å². The molecular weight excluding hydrogens is 450 g/mol. The molecule has 0 bridgehead atoms. The minimum absolute atomic E-state index is 0.0528. The van der Waals surface area contributed by atoms with E-state index in [4.69, 9.17) is 4.74 Å². The Bertz CT molecular complexity index is 1470. The molecule has 35 heavy (non-hydrogen) atoms. The number of nitrogens with one attached hydrogen (secondary N) is 1. The van der Waals surface area contributed by atoms with Crippen molar-refractivity contribution in [3.63, 3.8) is 0 Å². The Kier molecular flexibility index (Phi) is 6.91. The predicted molar refractivity (Wildman–Crippen MR) is 129 cm³/mol. The van der Waals surface area contributed by atoms with Gasteiger partial charge < -0.3 is 14.6 Å². The number of nitrogens with zero attached hydrogens (tertiary/aromatic N) is 4. The minimum atomic E-state index is -0.904. The molecule has 2 aromatic carbocycles. The van der Waals surface area contributed by atoms with E-state index in [1.165, 1.54) is 25.0 Å². The summed E-state index contributed by atoms with van der Waals surface area (Å²) >= 11 is 0. The fraction of sp³-hybridized carbons (Fsp3) is 0.240. The van der Waals surface area contributed by atoms with Crippen LogP contribution in [0.3, 0.4) is 0 Å². The van der Waals surface area contributed by atoms with Crippen molar-refractivity contribution in [2.75, 3.05) is 6.61 Å². The normalized spacial score (nSPS) is 11.8. The van der Waals surface area contributed by atoms with Crippen LogP contribution in [0.2, 0.25) is 0 Å². The number of ether oxygens (including phenoxy) is 1. The van der Waals surface area contributed by atoms with Crippen LogP contribution in [0.4, 0.5) is 0 Å². The number of hydrogen-bond acceptors (Lipinski definition) is 6. The van der Waals surface area contributed by atoms with Crippen LogP contribution in [-0.2, 0) is 36.6 Å². The second-order valence-corrected chi connectivity index (χ2v) is 8.07. The zero-order valence-corrected chi connectivity index (χ0v) is 19.4. The quantitative estimate of drug-likeness (QED) is 0.380. The van der Waals surface area contributed by atoms with Crippen molar-refractivity contribution in [3.05, 3.63) is 99.0 Å². The highest BCUT2D eigenvalue weighted by Gasteiger charge is 2.24. The van der Waals surface area contributed by atoms with Gasteiger partial charge in [-0.1, -0.05) is 48.5 Å². The molecule has 0 aliphatic carbocycles. The van der Waals surface area contributed by atoms with Crippen molar-refractivity contribution in [1.82, 2.24) is 24.0 Å². The Morgan fingerprint density at radius 1 is 0.971 bits per heavy atom. The van der Waals surface area contributed by atoms with Crippen molar-refractivity contribution < 1.29 is 14.3 Å². The van der Waals surface area contributed by atoms with Crippen molar-refractivity contribution in [1.29, 1.82) is 0 Å². The van der Waals surface area contributed by atoms with E-state index in [1.54, 1.807) is 34.9 Å². The van der Waals surface area contributed by atoms with Gasteiger partial charge in [-0.2, -0.15) is 0 Å². The monoisotopic (exact) mass is 475 g/mol. The fourth-order valence-corrected chi connectivity index (χ4v) is 3.79. The fourth-order valence-electron chi connectivity index (χ4n) is 3.79. The van der Waals surface area contributed by atoms with Gasteiger partial charge >= 0.3 is 11.7 Å². The molecule has 0 aliphatic rings. The van der Waals surface area contributed by atoms with Gasteiger partial charge in [0.2, 0.25) is 0 Å². The Balaban J connectivity index is 1.48. The number of imidazole rings is 1. The van der Waals surface area contributed by atoms with Crippen LogP contribution in [0, 0.1) is 0 Å². The number of benzene rings is 2. The molecule has 1 atom stereocenters. The average Bonchev–Trinajstić information content (AvgIpc) is 3.31. The average molecular weight is 476 g/mol. The van der Waals surface area contributed by atoms with E-state index in [1.807, 2.05) is 30.3 Å². The molecule has 0 spiro atoms. The highest BCUT2D eigenvalue weighted by atomic mass is 16.5. The second-order valence-electron chi connectivity index (χ2n) is 8.07. The first-order valence-corrected chi connectivity index (χ1v) is 11.0. The summed E-state index contributed by atoms with van der Waals surface area (Å²) in [5, 5.41) is 2.76. The Morgan fingerprint density at radius 2 is 1.63 bits per heavy atom. The number of carbonyl (C=O) groups is 2. The predicted octanol–water partition coefficient (Wildman–Crippen LogP) is 1.02. The third kappa shape index (κ3) is 5.06. The van der Waals surface area contributed by atoms with E-state index in [2.05, 4.69) is 10.3 Å². The molecule has 10 nitrogen and oxygen atoms in total. The largest absolute Gasteiger partial charge is 0.462 e. The van der Waals surface area contributed by atoms with E-state index in [0.717, 1.165) is 10.1 Å². The maximum atomic E-state index is 13.0. The molecule has 2 aromatic heterocycles. The first-order valence-electron chi connectivity index (χ1n) is 11.0. The van der Waals surface area contributed by atoms with Crippen molar-refractivity contribution in [2.24, 2.45) is 14.1 Å². The molecule has 0 saturated heterocycles. The lowest BCUT2D eigenvalue weighted by Gasteiger charge is -2.18. The molecule has 0 fully saturated rings. The molecule has 1 N–H and O–H groups in total. The SMILES string of the molecule is Cn1c(=O)c2c(ncn2CCOC(=O)C(Cc2ccccc2)NC(=O)c2ccccc2)n(C)c1=O. The van der Waals surface area contributed by atoms with Gasteiger partial charge in [-0.05, 0) is 17.7 Å². The number of aromatic nitrogens is 4. The van der Waals surface area contributed by atoms with Gasteiger partial charge in [-0.25, -0.2) is 14.6 Å². The van der Waals surface area contributed by atoms with Gasteiger partial charge in [0.25, 0.3) is 11.5 Å². The number of rotatable bonds is 8. The lowest BCUT2D eigenvalue weighted by Crippen LogP contribution is -2.43. The molecule has 0 aliphatic heterocycles. The second kappa shape index (κ2) is 10.2. The van der Waals surface area contributed by atoms with E-state index >= 15 is 0 Å². The number of amides is 1. The zero-order valence-electron chi connectivity index (χ0n) is 19.4. The van der Waals surface area contributed by atoms with Crippen LogP contribution < -0.4 is 16.6 Å². The van der Waals surface area contributed by atoms with Crippen molar-refractivity contribution >= 4 is 23.0 Å². The minimum Gasteiger partial charge on any atom is -0.462 e. The molecule has 0 saturated carbocycles. The van der Waals surface area contributed by atoms with Gasteiger partial charge in [-0.3, -0.25) is 18.7 Å². The Labute approximate surface area is 200 Å². The maximum absolute atomic E-state index is 13.0. The number of hydrogen-bond donors (Lipinski definition) is 1. The molecular formula is C25H25N5O5. The number of aryl methyl sites for hydroxylation is 1. The third-order valence-corrected chi connectivity index (χ3v) is 5.70. The summed E-state index contributed by atoms with van der Waals surface area (Å²) in [6.45, 7) is 0.100. The van der Waals surface area contributed by atoms with Crippen LogP contribution >= 0.6 is 0 Å². The highest BCUT2D eigenvalue weighted by molar-refractivity contribution is 5.96. The number of carbonyl (C=O) groups excluding carboxylic acids is 2. The molecule has 4 rings (SSSR count). The molecule has 2 heterocycles. The van der Waals surface area contributed by atoms with Crippen LogP contribution in [0.25, 0.3) is 11.2 Å². The van der Waals surface area contributed by atoms with Crippen LogP contribution in [-0.4, -0.2) is 43.2 Å². The number of esters is 1. The van der Waals surface area contributed by atoms with E-state index in [0.29, 0.717) is 5.56 Å². The highest BCUT2D eigenvalue weighted by Crippen LogP contribution is 2.09. The standard InChI is InChI=1S/C25H25N5O5/c1-28-21-20(23(32)29(2)25(28)34)30(16-26-21)13-14-35-24(33)19(15-17-9-5-3-6-10-17)27-22(31)18-11-7-4-8-12-18/h3-12,16,19H,13-15H2,1-2H3,(H,27,31). The lowest BCUT2D eigenvalue weighted by molar-refractivity contribution is -0.146. The molecule has 180 valence electrons. The van der Waals surface area contributed by atoms with E-state index in [-0.39, 0.29) is 36.6 Å². The van der Waals surface area contributed by atoms with Gasteiger partial charge in [-0.15, -0.1) is 0 Å². The Hall–Kier alpha value is -4.47. The summed E-state index contributed by atoms with van der Waals surface area (Å²) in [6, 6.07) is 17.0. The summed E-state index contributed by atoms with van der Waals surface area (Å²) in [4.78, 5) is 54.5. The molecule has 1 amide bonds. The topological polar surface area (TPSA) is 117 Å². The van der Waals surface area contributed by atoms with E-state index < -0.39 is 23.3 Å². The van der Waals surface area contributed by atoms with Crippen LogP contribution in [0.5, 0.6) is 0 Å². The molecule has 10 heteroatoms. The molecule has 0 radical (unpaired) electrons. The van der Waals surface area contributed by atoms with Gasteiger partial charge in [0.05, 0.1) is 12.9 Å². The van der Waals surface area contributed by atoms with Crippen molar-refractivity contribution in [3.8, 4) is 0 Å². The number of fused-ring (bicyclic) bond motifs is 1. The summed E-state index contributed by atoms with van der Waals surface area (Å²) in [5.74, 6) is -0.976. The van der Waals surface area contributed by atoms with E-state index in [9.17, 15) is 19.2 Å². The first-order chi connectivity index (χ1) is 16.9. The zero-order chi connectivity index (χ0) is 24.9. The molecule has 1 unspecified atom stereocenters. The summed E-state index contributed by atoms with van der Waals surface area (Å²) in [5.41, 5.74) is 0.837. The van der Waals surface area contributed by atoms with Gasteiger partial charge in [0.15, 0.2) is 11.2 Å². The smallest absolute Gasteiger partial charge is 0.332 e. The van der Waals surface area contributed by atoms with Crippen LogP contribution in [0.1, 0.15) is 15.9 Å². The summed E-state index contributed by atoms with van der Waals surface area (Å²) < 4.78 is 9.31. The Morgan fingerprint density at radius 3 is 2.31 bits per heavy atom. The first kappa shape index (κ1) is 23.7. The molecule has 4 aromatic rings.